The predicted molar refractivity (Wildman–Crippen MR) is 93.8 cm³/mol. The minimum atomic E-state index is -0.0507. The quantitative estimate of drug-likeness (QED) is 0.788. The van der Waals surface area contributed by atoms with Gasteiger partial charge in [0, 0.05) is 44.6 Å². The number of hydrogen-bond acceptors (Lipinski definition) is 3. The Kier molecular flexibility index (Phi) is 3.78. The lowest BCUT2D eigenvalue weighted by Gasteiger charge is -2.36. The van der Waals surface area contributed by atoms with Crippen molar-refractivity contribution in [2.45, 2.75) is 6.04 Å². The van der Waals surface area contributed by atoms with Crippen molar-refractivity contribution in [1.29, 1.82) is 0 Å². The highest BCUT2D eigenvalue weighted by Gasteiger charge is 2.31. The van der Waals surface area contributed by atoms with E-state index in [0.29, 0.717) is 6.54 Å². The van der Waals surface area contributed by atoms with Crippen LogP contribution in [0, 0.1) is 0 Å². The fourth-order valence-corrected chi connectivity index (χ4v) is 3.44. The molecule has 3 aromatic rings. The molecule has 0 bridgehead atoms. The molecule has 2 aromatic carbocycles. The molecule has 2 heterocycles. The lowest BCUT2D eigenvalue weighted by Crippen LogP contribution is -2.49. The Morgan fingerprint density at radius 1 is 1.21 bits per heavy atom. The molecule has 4 rings (SSSR count). The molecule has 0 spiro atoms. The molecule has 0 aliphatic carbocycles. The van der Waals surface area contributed by atoms with Crippen molar-refractivity contribution in [3.05, 3.63) is 66.2 Å². The summed E-state index contributed by atoms with van der Waals surface area (Å²) >= 11 is 0. The van der Waals surface area contributed by atoms with Crippen molar-refractivity contribution >= 4 is 16.7 Å². The van der Waals surface area contributed by atoms with Crippen molar-refractivity contribution in [2.24, 2.45) is 7.05 Å². The Hall–Kier alpha value is -2.66. The second-order valence-electron chi connectivity index (χ2n) is 6.14. The van der Waals surface area contributed by atoms with E-state index in [2.05, 4.69) is 10.3 Å². The molecule has 5 nitrogen and oxygen atoms in total. The van der Waals surface area contributed by atoms with Gasteiger partial charge < -0.3 is 14.8 Å². The van der Waals surface area contributed by atoms with Gasteiger partial charge in [0.2, 0.25) is 0 Å². The molecule has 1 amide bonds. The highest BCUT2D eigenvalue weighted by molar-refractivity contribution is 6.07. The van der Waals surface area contributed by atoms with Gasteiger partial charge in [0.25, 0.3) is 5.91 Å². The Bertz CT molecular complexity index is 880. The summed E-state index contributed by atoms with van der Waals surface area (Å²) in [6.07, 6.45) is 3.70. The molecular weight excluding hydrogens is 300 g/mol. The summed E-state index contributed by atoms with van der Waals surface area (Å²) in [4.78, 5) is 19.7. The standard InChI is InChI=1S/C19H20N4O/c1-22-11-10-21-18(22)17-13-20-9-12-23(17)19(24)16-8-4-6-14-5-2-3-7-15(14)16/h2-8,10-11,17,20H,9,12-13H2,1H3. The smallest absolute Gasteiger partial charge is 0.255 e. The van der Waals surface area contributed by atoms with E-state index in [1.807, 2.05) is 65.2 Å². The largest absolute Gasteiger partial charge is 0.336 e. The van der Waals surface area contributed by atoms with Crippen molar-refractivity contribution in [1.82, 2.24) is 19.8 Å². The summed E-state index contributed by atoms with van der Waals surface area (Å²) in [6, 6.07) is 13.9. The Balaban J connectivity index is 1.75. The lowest BCUT2D eigenvalue weighted by atomic mass is 10.0. The molecule has 1 N–H and O–H groups in total. The van der Waals surface area contributed by atoms with Crippen molar-refractivity contribution in [2.75, 3.05) is 19.6 Å². The van der Waals surface area contributed by atoms with Gasteiger partial charge in [-0.25, -0.2) is 4.98 Å². The maximum Gasteiger partial charge on any atom is 0.255 e. The lowest BCUT2D eigenvalue weighted by molar-refractivity contribution is 0.0623. The highest BCUT2D eigenvalue weighted by Crippen LogP contribution is 2.26. The molecule has 5 heteroatoms. The fourth-order valence-electron chi connectivity index (χ4n) is 3.44. The molecule has 0 saturated carbocycles. The Morgan fingerprint density at radius 2 is 2.04 bits per heavy atom. The van der Waals surface area contributed by atoms with E-state index in [4.69, 9.17) is 0 Å². The van der Waals surface area contributed by atoms with Crippen molar-refractivity contribution in [3.63, 3.8) is 0 Å². The van der Waals surface area contributed by atoms with Gasteiger partial charge in [0.15, 0.2) is 0 Å². The van der Waals surface area contributed by atoms with Gasteiger partial charge in [-0.05, 0) is 16.8 Å². The molecule has 1 saturated heterocycles. The number of rotatable bonds is 2. The van der Waals surface area contributed by atoms with Crippen LogP contribution in [0.3, 0.4) is 0 Å². The third-order valence-electron chi connectivity index (χ3n) is 4.68. The van der Waals surface area contributed by atoms with E-state index in [0.717, 1.165) is 35.2 Å². The number of imidazole rings is 1. The first-order valence-electron chi connectivity index (χ1n) is 8.22. The first kappa shape index (κ1) is 14.9. The number of aromatic nitrogens is 2. The van der Waals surface area contributed by atoms with Crippen LogP contribution in [-0.2, 0) is 7.05 Å². The van der Waals surface area contributed by atoms with E-state index in [1.165, 1.54) is 0 Å². The number of fused-ring (bicyclic) bond motifs is 1. The van der Waals surface area contributed by atoms with Crippen molar-refractivity contribution < 1.29 is 4.79 Å². The molecule has 1 unspecified atom stereocenters. The summed E-state index contributed by atoms with van der Waals surface area (Å²) in [5, 5.41) is 5.47. The van der Waals surface area contributed by atoms with Crippen LogP contribution < -0.4 is 5.32 Å². The highest BCUT2D eigenvalue weighted by atomic mass is 16.2. The summed E-state index contributed by atoms with van der Waals surface area (Å²) in [5.41, 5.74) is 0.759. The number of benzene rings is 2. The number of carbonyl (C=O) groups is 1. The SMILES string of the molecule is Cn1ccnc1C1CNCCN1C(=O)c1cccc2ccccc12. The maximum atomic E-state index is 13.3. The molecule has 1 aromatic heterocycles. The topological polar surface area (TPSA) is 50.2 Å². The summed E-state index contributed by atoms with van der Waals surface area (Å²) in [5.74, 6) is 0.983. The third-order valence-corrected chi connectivity index (χ3v) is 4.68. The zero-order valence-electron chi connectivity index (χ0n) is 13.6. The number of carbonyl (C=O) groups excluding carboxylic acids is 1. The van der Waals surface area contributed by atoms with E-state index < -0.39 is 0 Å². The van der Waals surface area contributed by atoms with Gasteiger partial charge in [-0.15, -0.1) is 0 Å². The first-order valence-corrected chi connectivity index (χ1v) is 8.22. The van der Waals surface area contributed by atoms with Gasteiger partial charge in [-0.1, -0.05) is 36.4 Å². The normalized spacial score (nSPS) is 18.0. The molecular formula is C19H20N4O. The zero-order chi connectivity index (χ0) is 16.5. The van der Waals surface area contributed by atoms with Crippen LogP contribution >= 0.6 is 0 Å². The van der Waals surface area contributed by atoms with E-state index >= 15 is 0 Å². The number of nitrogens with zero attached hydrogens (tertiary/aromatic N) is 3. The second-order valence-corrected chi connectivity index (χ2v) is 6.14. The zero-order valence-corrected chi connectivity index (χ0v) is 13.6. The van der Waals surface area contributed by atoms with Gasteiger partial charge in [-0.2, -0.15) is 0 Å². The van der Waals surface area contributed by atoms with Crippen LogP contribution in [-0.4, -0.2) is 40.0 Å². The number of hydrogen-bond donors (Lipinski definition) is 1. The first-order chi connectivity index (χ1) is 11.8. The van der Waals surface area contributed by atoms with E-state index in [1.54, 1.807) is 6.20 Å². The van der Waals surface area contributed by atoms with Crippen LogP contribution in [0.15, 0.2) is 54.9 Å². The molecule has 1 aliphatic rings. The average molecular weight is 320 g/mol. The van der Waals surface area contributed by atoms with Gasteiger partial charge in [0.05, 0.1) is 0 Å². The number of nitrogens with one attached hydrogen (secondary N) is 1. The predicted octanol–water partition coefficient (Wildman–Crippen LogP) is 2.36. The minimum absolute atomic E-state index is 0.0507. The number of aryl methyl sites for hydroxylation is 1. The van der Waals surface area contributed by atoms with Crippen LogP contribution in [0.2, 0.25) is 0 Å². The third kappa shape index (κ3) is 2.47. The average Bonchev–Trinajstić information content (AvgIpc) is 3.06. The van der Waals surface area contributed by atoms with Gasteiger partial charge in [0.1, 0.15) is 11.9 Å². The molecule has 1 atom stereocenters. The molecule has 122 valence electrons. The van der Waals surface area contributed by atoms with Crippen LogP contribution in [0.1, 0.15) is 22.2 Å². The molecule has 1 fully saturated rings. The van der Waals surface area contributed by atoms with Gasteiger partial charge in [-0.3, -0.25) is 4.79 Å². The van der Waals surface area contributed by atoms with Crippen molar-refractivity contribution in [3.8, 4) is 0 Å². The maximum absolute atomic E-state index is 13.3. The van der Waals surface area contributed by atoms with Crippen LogP contribution in [0.25, 0.3) is 10.8 Å². The number of piperazine rings is 1. The van der Waals surface area contributed by atoms with Crippen LogP contribution in [0.5, 0.6) is 0 Å². The van der Waals surface area contributed by atoms with E-state index in [9.17, 15) is 4.79 Å². The number of amides is 1. The summed E-state index contributed by atoms with van der Waals surface area (Å²) < 4.78 is 1.99. The van der Waals surface area contributed by atoms with E-state index in [-0.39, 0.29) is 11.9 Å². The molecule has 1 aliphatic heterocycles. The Labute approximate surface area is 140 Å². The van der Waals surface area contributed by atoms with Gasteiger partial charge >= 0.3 is 0 Å². The monoisotopic (exact) mass is 320 g/mol. The molecule has 24 heavy (non-hydrogen) atoms. The fraction of sp³-hybridized carbons (Fsp3) is 0.263. The summed E-state index contributed by atoms with van der Waals surface area (Å²) in [7, 11) is 1.97. The minimum Gasteiger partial charge on any atom is -0.336 e. The van der Waals surface area contributed by atoms with Crippen LogP contribution in [0.4, 0.5) is 0 Å². The molecule has 0 radical (unpaired) electrons. The second kappa shape index (κ2) is 6.09. The summed E-state index contributed by atoms with van der Waals surface area (Å²) in [6.45, 7) is 2.21. The Morgan fingerprint density at radius 3 is 2.88 bits per heavy atom.